The molecule has 0 aliphatic heterocycles. The maximum atomic E-state index is 12.2. The first-order valence-electron chi connectivity index (χ1n) is 5.73. The van der Waals surface area contributed by atoms with Gasteiger partial charge in [0, 0.05) is 17.2 Å². The molecule has 0 bridgehead atoms. The van der Waals surface area contributed by atoms with Crippen molar-refractivity contribution in [1.82, 2.24) is 0 Å². The van der Waals surface area contributed by atoms with Crippen LogP contribution in [0.3, 0.4) is 0 Å². The average molecular weight is 289 g/mol. The topological polar surface area (TPSA) is 77.2 Å². The molecule has 2 N–H and O–H groups in total. The molecular weight excluding hydrogens is 270 g/mol. The van der Waals surface area contributed by atoms with Gasteiger partial charge in [-0.2, -0.15) is 0 Å². The lowest BCUT2D eigenvalue weighted by molar-refractivity contribution is 0.601. The Bertz CT molecular complexity index is 523. The van der Waals surface area contributed by atoms with Crippen LogP contribution in [0.1, 0.15) is 20.3 Å². The summed E-state index contributed by atoms with van der Waals surface area (Å²) in [5, 5.41) is -0.154. The highest BCUT2D eigenvalue weighted by Crippen LogP contribution is 2.17. The van der Waals surface area contributed by atoms with Crippen LogP contribution in [0.15, 0.2) is 34.1 Å². The Hall–Kier alpha value is -0.720. The Morgan fingerprint density at radius 1 is 1.28 bits per heavy atom. The molecule has 0 saturated carbocycles. The van der Waals surface area contributed by atoms with E-state index in [0.717, 1.165) is 12.7 Å². The van der Waals surface area contributed by atoms with Crippen LogP contribution in [-0.4, -0.2) is 30.2 Å². The van der Waals surface area contributed by atoms with Crippen molar-refractivity contribution in [1.29, 1.82) is 0 Å². The van der Waals surface area contributed by atoms with Gasteiger partial charge >= 0.3 is 0 Å². The molecule has 0 aromatic heterocycles. The highest BCUT2D eigenvalue weighted by Gasteiger charge is 2.19. The minimum atomic E-state index is -3.21. The molecule has 102 valence electrons. The summed E-state index contributed by atoms with van der Waals surface area (Å²) >= 11 is 0. The van der Waals surface area contributed by atoms with E-state index in [2.05, 4.69) is 0 Å². The van der Waals surface area contributed by atoms with Gasteiger partial charge in [-0.1, -0.05) is 6.92 Å². The van der Waals surface area contributed by atoms with Gasteiger partial charge in [0.05, 0.1) is 20.9 Å². The summed E-state index contributed by atoms with van der Waals surface area (Å²) in [5.41, 5.74) is 5.86. The van der Waals surface area contributed by atoms with Crippen molar-refractivity contribution >= 4 is 20.6 Å². The number of rotatable bonds is 5. The maximum Gasteiger partial charge on any atom is 0.175 e. The SMILES string of the molecule is CCC(N)C(C)S(=O)c1ccc(S(C)(=O)=O)cc1. The van der Waals surface area contributed by atoms with Gasteiger partial charge in [-0.25, -0.2) is 8.42 Å². The standard InChI is InChI=1S/C12H19NO3S2/c1-4-12(13)9(2)17(14)10-5-7-11(8-6-10)18(3,15)16/h5-9,12H,4,13H2,1-3H3. The molecule has 3 unspecified atom stereocenters. The third kappa shape index (κ3) is 3.63. The summed E-state index contributed by atoms with van der Waals surface area (Å²) in [6, 6.07) is 6.01. The largest absolute Gasteiger partial charge is 0.327 e. The lowest BCUT2D eigenvalue weighted by atomic mass is 10.2. The molecule has 3 atom stereocenters. The van der Waals surface area contributed by atoms with Crippen LogP contribution >= 0.6 is 0 Å². The minimum Gasteiger partial charge on any atom is -0.327 e. The monoisotopic (exact) mass is 289 g/mol. The molecule has 0 amide bonds. The summed E-state index contributed by atoms with van der Waals surface area (Å²) in [6.07, 6.45) is 1.91. The second kappa shape index (κ2) is 5.95. The van der Waals surface area contributed by atoms with E-state index in [9.17, 15) is 12.6 Å². The molecule has 4 nitrogen and oxygen atoms in total. The molecule has 1 rings (SSSR count). The summed E-state index contributed by atoms with van der Waals surface area (Å²) in [4.78, 5) is 0.842. The molecule has 18 heavy (non-hydrogen) atoms. The highest BCUT2D eigenvalue weighted by atomic mass is 32.2. The lowest BCUT2D eigenvalue weighted by Crippen LogP contribution is -2.34. The van der Waals surface area contributed by atoms with E-state index < -0.39 is 20.6 Å². The van der Waals surface area contributed by atoms with E-state index in [1.165, 1.54) is 12.1 Å². The number of hydrogen-bond donors (Lipinski definition) is 1. The van der Waals surface area contributed by atoms with Crippen molar-refractivity contribution < 1.29 is 12.6 Å². The van der Waals surface area contributed by atoms with E-state index in [4.69, 9.17) is 5.73 Å². The fraction of sp³-hybridized carbons (Fsp3) is 0.500. The zero-order chi connectivity index (χ0) is 13.9. The average Bonchev–Trinajstić information content (AvgIpc) is 2.35. The van der Waals surface area contributed by atoms with Crippen LogP contribution in [-0.2, 0) is 20.6 Å². The van der Waals surface area contributed by atoms with Crippen LogP contribution in [0, 0.1) is 0 Å². The lowest BCUT2D eigenvalue weighted by Gasteiger charge is -2.17. The number of hydrogen-bond acceptors (Lipinski definition) is 4. The fourth-order valence-electron chi connectivity index (χ4n) is 1.53. The van der Waals surface area contributed by atoms with Gasteiger partial charge < -0.3 is 5.73 Å². The Morgan fingerprint density at radius 3 is 2.17 bits per heavy atom. The van der Waals surface area contributed by atoms with Crippen molar-refractivity contribution in [3.05, 3.63) is 24.3 Å². The van der Waals surface area contributed by atoms with Gasteiger partial charge in [0.1, 0.15) is 0 Å². The molecular formula is C12H19NO3S2. The van der Waals surface area contributed by atoms with Crippen molar-refractivity contribution in [2.75, 3.05) is 6.26 Å². The molecule has 6 heteroatoms. The Balaban J connectivity index is 2.96. The van der Waals surface area contributed by atoms with Gasteiger partial charge in [-0.15, -0.1) is 0 Å². The van der Waals surface area contributed by atoms with Gasteiger partial charge in [0.15, 0.2) is 9.84 Å². The first-order valence-corrected chi connectivity index (χ1v) is 8.84. The fourth-order valence-corrected chi connectivity index (χ4v) is 3.50. The van der Waals surface area contributed by atoms with Crippen LogP contribution in [0.4, 0.5) is 0 Å². The minimum absolute atomic E-state index is 0.125. The summed E-state index contributed by atoms with van der Waals surface area (Å²) < 4.78 is 34.8. The molecule has 0 saturated heterocycles. The van der Waals surface area contributed by atoms with E-state index in [0.29, 0.717) is 4.90 Å². The highest BCUT2D eigenvalue weighted by molar-refractivity contribution is 7.90. The Morgan fingerprint density at radius 2 is 1.78 bits per heavy atom. The van der Waals surface area contributed by atoms with Crippen molar-refractivity contribution in [2.24, 2.45) is 5.73 Å². The summed E-state index contributed by atoms with van der Waals surface area (Å²) in [6.45, 7) is 3.79. The van der Waals surface area contributed by atoms with Crippen LogP contribution < -0.4 is 5.73 Å². The first-order chi connectivity index (χ1) is 8.27. The molecule has 0 fully saturated rings. The van der Waals surface area contributed by atoms with Crippen LogP contribution in [0.2, 0.25) is 0 Å². The second-order valence-electron chi connectivity index (χ2n) is 4.32. The smallest absolute Gasteiger partial charge is 0.175 e. The van der Waals surface area contributed by atoms with Crippen molar-refractivity contribution in [2.45, 2.75) is 41.4 Å². The molecule has 0 heterocycles. The predicted octanol–water partition coefficient (Wildman–Crippen LogP) is 1.32. The van der Waals surface area contributed by atoms with Gasteiger partial charge in [0.2, 0.25) is 0 Å². The molecule has 0 spiro atoms. The van der Waals surface area contributed by atoms with Gasteiger partial charge in [0.25, 0.3) is 0 Å². The van der Waals surface area contributed by atoms with Crippen molar-refractivity contribution in [3.63, 3.8) is 0 Å². The van der Waals surface area contributed by atoms with E-state index in [1.807, 2.05) is 13.8 Å². The number of nitrogens with two attached hydrogens (primary N) is 1. The van der Waals surface area contributed by atoms with Gasteiger partial charge in [-0.05, 0) is 37.6 Å². The molecule has 1 aromatic carbocycles. The number of benzene rings is 1. The first kappa shape index (κ1) is 15.3. The van der Waals surface area contributed by atoms with Crippen LogP contribution in [0.5, 0.6) is 0 Å². The van der Waals surface area contributed by atoms with Crippen LogP contribution in [0.25, 0.3) is 0 Å². The maximum absolute atomic E-state index is 12.2. The van der Waals surface area contributed by atoms with E-state index in [-0.39, 0.29) is 16.2 Å². The predicted molar refractivity (Wildman–Crippen MR) is 73.7 cm³/mol. The molecule has 1 aromatic rings. The second-order valence-corrected chi connectivity index (χ2v) is 8.14. The normalized spacial score (nSPS) is 17.1. The van der Waals surface area contributed by atoms with Gasteiger partial charge in [-0.3, -0.25) is 4.21 Å². The third-order valence-electron chi connectivity index (χ3n) is 2.90. The van der Waals surface area contributed by atoms with E-state index >= 15 is 0 Å². The molecule has 0 aliphatic carbocycles. The Labute approximate surface area is 111 Å². The zero-order valence-electron chi connectivity index (χ0n) is 10.8. The van der Waals surface area contributed by atoms with Crippen molar-refractivity contribution in [3.8, 4) is 0 Å². The summed E-state index contributed by atoms with van der Waals surface area (Å²) in [5.74, 6) is 0. The zero-order valence-corrected chi connectivity index (χ0v) is 12.4. The number of sulfone groups is 1. The quantitative estimate of drug-likeness (QED) is 0.887. The third-order valence-corrected chi connectivity index (χ3v) is 5.79. The Kier molecular flexibility index (Phi) is 5.07. The summed E-state index contributed by atoms with van der Waals surface area (Å²) in [7, 11) is -4.42. The molecule has 0 aliphatic rings. The molecule has 0 radical (unpaired) electrons. The van der Waals surface area contributed by atoms with E-state index in [1.54, 1.807) is 12.1 Å².